The number of aliphatic hydroxyl groups excluding tert-OH is 1. The van der Waals surface area contributed by atoms with Crippen LogP contribution in [0.25, 0.3) is 0 Å². The molecule has 0 aliphatic rings. The lowest BCUT2D eigenvalue weighted by atomic mass is 10.0. The lowest BCUT2D eigenvalue weighted by Gasteiger charge is -2.36. The molecule has 0 unspecified atom stereocenters. The van der Waals surface area contributed by atoms with Crippen molar-refractivity contribution in [1.82, 2.24) is 0 Å². The standard InChI is InChI=1S/C28H56O2Si/c1-7-8-9-10-11-12-13-14-15-16-17-18-19-20-21-22-24-27(29)25-23-26-30-31(5,6)28(2,3)4/h11-12,14-15,27,29H,7-10,13,16-26H2,1-6H3/b12-11-,15-14-/t27-/m1/s1. The molecule has 31 heavy (non-hydrogen) atoms. The van der Waals surface area contributed by atoms with Gasteiger partial charge in [0.15, 0.2) is 8.32 Å². The minimum absolute atomic E-state index is 0.145. The van der Waals surface area contributed by atoms with E-state index in [1.807, 2.05) is 0 Å². The SMILES string of the molecule is CCCCC/C=C\C/C=C\CCCCCCCC[C@@H](O)CCCO[Si](C)(C)C(C)(C)C. The highest BCUT2D eigenvalue weighted by molar-refractivity contribution is 6.74. The average molecular weight is 453 g/mol. The zero-order valence-corrected chi connectivity index (χ0v) is 23.1. The highest BCUT2D eigenvalue weighted by Crippen LogP contribution is 2.36. The molecular weight excluding hydrogens is 396 g/mol. The first-order chi connectivity index (χ1) is 14.7. The average Bonchev–Trinajstić information content (AvgIpc) is 2.70. The molecule has 0 aromatic rings. The molecule has 0 aliphatic carbocycles. The Labute approximate surface area is 197 Å². The van der Waals surface area contributed by atoms with Crippen molar-refractivity contribution in [1.29, 1.82) is 0 Å². The minimum atomic E-state index is -1.63. The van der Waals surface area contributed by atoms with Gasteiger partial charge in [-0.25, -0.2) is 0 Å². The van der Waals surface area contributed by atoms with Gasteiger partial charge in [-0.05, 0) is 69.5 Å². The molecule has 3 heteroatoms. The summed E-state index contributed by atoms with van der Waals surface area (Å²) >= 11 is 0. The summed E-state index contributed by atoms with van der Waals surface area (Å²) in [4.78, 5) is 0. The Morgan fingerprint density at radius 1 is 0.742 bits per heavy atom. The number of allylic oxidation sites excluding steroid dienone is 4. The first-order valence-corrected chi connectivity index (χ1v) is 16.2. The van der Waals surface area contributed by atoms with E-state index in [0.717, 1.165) is 38.7 Å². The van der Waals surface area contributed by atoms with Gasteiger partial charge in [0.1, 0.15) is 0 Å². The van der Waals surface area contributed by atoms with Crippen molar-refractivity contribution in [2.24, 2.45) is 0 Å². The summed E-state index contributed by atoms with van der Waals surface area (Å²) in [6, 6.07) is 0. The number of hydrogen-bond acceptors (Lipinski definition) is 2. The van der Waals surface area contributed by atoms with E-state index in [1.165, 1.54) is 64.2 Å². The molecule has 1 atom stereocenters. The number of rotatable bonds is 20. The summed E-state index contributed by atoms with van der Waals surface area (Å²) in [6.45, 7) is 14.5. The Balaban J connectivity index is 3.44. The van der Waals surface area contributed by atoms with Gasteiger partial charge in [-0.3, -0.25) is 0 Å². The monoisotopic (exact) mass is 452 g/mol. The molecule has 2 nitrogen and oxygen atoms in total. The Morgan fingerprint density at radius 2 is 1.26 bits per heavy atom. The largest absolute Gasteiger partial charge is 0.417 e. The van der Waals surface area contributed by atoms with Crippen LogP contribution in [0.3, 0.4) is 0 Å². The first-order valence-electron chi connectivity index (χ1n) is 13.3. The second-order valence-corrected chi connectivity index (χ2v) is 15.6. The summed E-state index contributed by atoms with van der Waals surface area (Å²) < 4.78 is 6.20. The van der Waals surface area contributed by atoms with E-state index < -0.39 is 8.32 Å². The van der Waals surface area contributed by atoms with Crippen LogP contribution < -0.4 is 0 Å². The van der Waals surface area contributed by atoms with E-state index in [2.05, 4.69) is 65.1 Å². The molecule has 184 valence electrons. The molecular formula is C28H56O2Si. The zero-order valence-electron chi connectivity index (χ0n) is 22.1. The van der Waals surface area contributed by atoms with Crippen molar-refractivity contribution in [3.63, 3.8) is 0 Å². The van der Waals surface area contributed by atoms with E-state index in [-0.39, 0.29) is 11.1 Å². The number of aliphatic hydroxyl groups is 1. The second-order valence-electron chi connectivity index (χ2n) is 10.8. The van der Waals surface area contributed by atoms with Gasteiger partial charge >= 0.3 is 0 Å². The maximum Gasteiger partial charge on any atom is 0.191 e. The van der Waals surface area contributed by atoms with Crippen molar-refractivity contribution < 1.29 is 9.53 Å². The molecule has 0 saturated heterocycles. The van der Waals surface area contributed by atoms with Crippen molar-refractivity contribution in [3.05, 3.63) is 24.3 Å². The first kappa shape index (κ1) is 30.6. The number of unbranched alkanes of at least 4 members (excludes halogenated alkanes) is 9. The molecule has 0 aromatic carbocycles. The fraction of sp³-hybridized carbons (Fsp3) is 0.857. The molecule has 0 bridgehead atoms. The second kappa shape index (κ2) is 19.1. The van der Waals surface area contributed by atoms with Gasteiger partial charge in [-0.1, -0.05) is 96.9 Å². The summed E-state index contributed by atoms with van der Waals surface area (Å²) in [6.07, 6.45) is 27.3. The Hall–Kier alpha value is -0.383. The topological polar surface area (TPSA) is 29.5 Å². The fourth-order valence-electron chi connectivity index (χ4n) is 3.38. The molecule has 0 spiro atoms. The van der Waals surface area contributed by atoms with E-state index in [1.54, 1.807) is 0 Å². The van der Waals surface area contributed by atoms with Crippen LogP contribution in [0.5, 0.6) is 0 Å². The third-order valence-corrected chi connectivity index (χ3v) is 11.2. The Morgan fingerprint density at radius 3 is 1.84 bits per heavy atom. The molecule has 0 fully saturated rings. The summed E-state index contributed by atoms with van der Waals surface area (Å²) in [7, 11) is -1.63. The van der Waals surface area contributed by atoms with Crippen LogP contribution in [0, 0.1) is 0 Å². The van der Waals surface area contributed by atoms with Crippen LogP contribution in [0.1, 0.15) is 124 Å². The van der Waals surface area contributed by atoms with Crippen molar-refractivity contribution in [3.8, 4) is 0 Å². The molecule has 0 rings (SSSR count). The van der Waals surface area contributed by atoms with Gasteiger partial charge in [0.05, 0.1) is 6.10 Å². The third-order valence-electron chi connectivity index (χ3n) is 6.69. The molecule has 0 aromatic heterocycles. The van der Waals surface area contributed by atoms with Gasteiger partial charge < -0.3 is 9.53 Å². The maximum atomic E-state index is 10.2. The quantitative estimate of drug-likeness (QED) is 0.113. The summed E-state index contributed by atoms with van der Waals surface area (Å²) in [5.41, 5.74) is 0. The predicted molar refractivity (Wildman–Crippen MR) is 142 cm³/mol. The van der Waals surface area contributed by atoms with Crippen LogP contribution in [0.4, 0.5) is 0 Å². The van der Waals surface area contributed by atoms with Crippen molar-refractivity contribution in [2.45, 2.75) is 148 Å². The maximum absolute atomic E-state index is 10.2. The Kier molecular flexibility index (Phi) is 18.9. The highest BCUT2D eigenvalue weighted by atomic mass is 28.4. The zero-order chi connectivity index (χ0) is 23.4. The van der Waals surface area contributed by atoms with Crippen LogP contribution in [-0.4, -0.2) is 26.1 Å². The molecule has 0 saturated carbocycles. The highest BCUT2D eigenvalue weighted by Gasteiger charge is 2.36. The normalized spacial score (nSPS) is 14.2. The smallest absolute Gasteiger partial charge is 0.191 e. The van der Waals surface area contributed by atoms with Crippen molar-refractivity contribution >= 4 is 8.32 Å². The molecule has 1 N–H and O–H groups in total. The lowest BCUT2D eigenvalue weighted by molar-refractivity contribution is 0.138. The Bertz CT molecular complexity index is 448. The molecule has 0 radical (unpaired) electrons. The fourth-order valence-corrected chi connectivity index (χ4v) is 4.46. The van der Waals surface area contributed by atoms with E-state index in [9.17, 15) is 5.11 Å². The summed E-state index contributed by atoms with van der Waals surface area (Å²) in [5, 5.41) is 10.5. The van der Waals surface area contributed by atoms with Crippen LogP contribution in [-0.2, 0) is 4.43 Å². The third kappa shape index (κ3) is 18.9. The summed E-state index contributed by atoms with van der Waals surface area (Å²) in [5.74, 6) is 0. The van der Waals surface area contributed by atoms with Gasteiger partial charge in [0, 0.05) is 6.61 Å². The van der Waals surface area contributed by atoms with Crippen LogP contribution in [0.2, 0.25) is 18.1 Å². The van der Waals surface area contributed by atoms with Gasteiger partial charge in [-0.15, -0.1) is 0 Å². The van der Waals surface area contributed by atoms with Crippen molar-refractivity contribution in [2.75, 3.05) is 6.61 Å². The number of hydrogen-bond donors (Lipinski definition) is 1. The van der Waals surface area contributed by atoms with E-state index in [0.29, 0.717) is 0 Å². The molecule has 0 aliphatic heterocycles. The molecule has 0 amide bonds. The lowest BCUT2D eigenvalue weighted by Crippen LogP contribution is -2.41. The minimum Gasteiger partial charge on any atom is -0.417 e. The van der Waals surface area contributed by atoms with E-state index in [4.69, 9.17) is 4.43 Å². The predicted octanol–water partition coefficient (Wildman–Crippen LogP) is 9.35. The molecule has 0 heterocycles. The van der Waals surface area contributed by atoms with Gasteiger partial charge in [0.2, 0.25) is 0 Å². The van der Waals surface area contributed by atoms with Gasteiger partial charge in [0.25, 0.3) is 0 Å². The van der Waals surface area contributed by atoms with Gasteiger partial charge in [-0.2, -0.15) is 0 Å². The van der Waals surface area contributed by atoms with E-state index >= 15 is 0 Å². The van der Waals surface area contributed by atoms with Crippen LogP contribution >= 0.6 is 0 Å². The van der Waals surface area contributed by atoms with Crippen LogP contribution in [0.15, 0.2) is 24.3 Å².